The Bertz CT molecular complexity index is 387. The molecular weight excluding hydrogens is 226 g/mol. The topological polar surface area (TPSA) is 38.5 Å². The SMILES string of the molecule is CN(CC(F)F)C1COc2ccccc2C1N. The molecule has 0 saturated carbocycles. The van der Waals surface area contributed by atoms with Gasteiger partial charge in [-0.25, -0.2) is 8.78 Å². The van der Waals surface area contributed by atoms with E-state index in [-0.39, 0.29) is 18.6 Å². The lowest BCUT2D eigenvalue weighted by Crippen LogP contribution is -2.48. The normalized spacial score (nSPS) is 23.6. The van der Waals surface area contributed by atoms with Gasteiger partial charge in [-0.3, -0.25) is 4.90 Å². The number of nitrogens with zero attached hydrogens (tertiary/aromatic N) is 1. The van der Waals surface area contributed by atoms with E-state index in [4.69, 9.17) is 10.5 Å². The third kappa shape index (κ3) is 2.56. The molecule has 5 heteroatoms. The third-order valence-corrected chi connectivity index (χ3v) is 3.09. The monoisotopic (exact) mass is 242 g/mol. The lowest BCUT2D eigenvalue weighted by Gasteiger charge is -2.36. The van der Waals surface area contributed by atoms with Gasteiger partial charge in [-0.2, -0.15) is 0 Å². The summed E-state index contributed by atoms with van der Waals surface area (Å²) in [4.78, 5) is 1.56. The molecule has 0 spiro atoms. The van der Waals surface area contributed by atoms with Crippen molar-refractivity contribution in [2.24, 2.45) is 5.73 Å². The number of likely N-dealkylation sites (N-methyl/N-ethyl adjacent to an activating group) is 1. The van der Waals surface area contributed by atoms with Crippen LogP contribution in [0.25, 0.3) is 0 Å². The maximum atomic E-state index is 12.3. The maximum Gasteiger partial charge on any atom is 0.251 e. The summed E-state index contributed by atoms with van der Waals surface area (Å²) in [5.41, 5.74) is 6.98. The van der Waals surface area contributed by atoms with Gasteiger partial charge in [0.05, 0.1) is 18.6 Å². The zero-order chi connectivity index (χ0) is 12.4. The molecule has 0 saturated heterocycles. The molecule has 2 atom stereocenters. The number of para-hydroxylation sites is 1. The summed E-state index contributed by atoms with van der Waals surface area (Å²) in [7, 11) is 1.65. The Balaban J connectivity index is 2.14. The zero-order valence-corrected chi connectivity index (χ0v) is 9.64. The van der Waals surface area contributed by atoms with Crippen molar-refractivity contribution >= 4 is 0 Å². The van der Waals surface area contributed by atoms with Gasteiger partial charge in [-0.1, -0.05) is 18.2 Å². The molecule has 17 heavy (non-hydrogen) atoms. The molecule has 0 amide bonds. The van der Waals surface area contributed by atoms with Gasteiger partial charge in [0.1, 0.15) is 12.4 Å². The van der Waals surface area contributed by atoms with E-state index in [9.17, 15) is 8.78 Å². The lowest BCUT2D eigenvalue weighted by molar-refractivity contribution is 0.0505. The van der Waals surface area contributed by atoms with Crippen molar-refractivity contribution in [3.8, 4) is 5.75 Å². The number of fused-ring (bicyclic) bond motifs is 1. The molecule has 94 valence electrons. The van der Waals surface area contributed by atoms with E-state index in [1.807, 2.05) is 24.3 Å². The van der Waals surface area contributed by atoms with E-state index in [1.54, 1.807) is 11.9 Å². The van der Waals surface area contributed by atoms with Gasteiger partial charge >= 0.3 is 0 Å². The van der Waals surface area contributed by atoms with E-state index in [2.05, 4.69) is 0 Å². The Labute approximate surface area is 99.2 Å². The van der Waals surface area contributed by atoms with Gasteiger partial charge < -0.3 is 10.5 Å². The molecule has 1 heterocycles. The second-order valence-corrected chi connectivity index (χ2v) is 4.27. The predicted octanol–water partition coefficient (Wildman–Crippen LogP) is 1.64. The van der Waals surface area contributed by atoms with E-state index in [0.29, 0.717) is 6.61 Å². The van der Waals surface area contributed by atoms with E-state index >= 15 is 0 Å². The molecule has 0 bridgehead atoms. The molecule has 2 N–H and O–H groups in total. The third-order valence-electron chi connectivity index (χ3n) is 3.09. The number of benzene rings is 1. The number of ether oxygens (including phenoxy) is 1. The molecule has 1 aliphatic heterocycles. The van der Waals surface area contributed by atoms with Gasteiger partial charge in [-0.05, 0) is 13.1 Å². The summed E-state index contributed by atoms with van der Waals surface area (Å²) in [6.07, 6.45) is -2.36. The highest BCUT2D eigenvalue weighted by Crippen LogP contribution is 2.32. The second-order valence-electron chi connectivity index (χ2n) is 4.27. The van der Waals surface area contributed by atoms with Crippen LogP contribution in [0.5, 0.6) is 5.75 Å². The highest BCUT2D eigenvalue weighted by molar-refractivity contribution is 5.38. The summed E-state index contributed by atoms with van der Waals surface area (Å²) in [5, 5.41) is 0. The van der Waals surface area contributed by atoms with Crippen LogP contribution in [0.4, 0.5) is 8.78 Å². The van der Waals surface area contributed by atoms with Gasteiger partial charge in [0.25, 0.3) is 6.43 Å². The minimum atomic E-state index is -2.36. The smallest absolute Gasteiger partial charge is 0.251 e. The Morgan fingerprint density at radius 1 is 1.47 bits per heavy atom. The maximum absolute atomic E-state index is 12.3. The van der Waals surface area contributed by atoms with Gasteiger partial charge in [-0.15, -0.1) is 0 Å². The highest BCUT2D eigenvalue weighted by atomic mass is 19.3. The quantitative estimate of drug-likeness (QED) is 0.875. The first-order valence-electron chi connectivity index (χ1n) is 5.55. The van der Waals surface area contributed by atoms with Crippen molar-refractivity contribution < 1.29 is 13.5 Å². The van der Waals surface area contributed by atoms with Crippen molar-refractivity contribution in [1.29, 1.82) is 0 Å². The van der Waals surface area contributed by atoms with Gasteiger partial charge in [0, 0.05) is 5.56 Å². The highest BCUT2D eigenvalue weighted by Gasteiger charge is 2.31. The van der Waals surface area contributed by atoms with Gasteiger partial charge in [0.15, 0.2) is 0 Å². The molecule has 2 rings (SSSR count). The molecule has 1 aromatic carbocycles. The number of hydrogen-bond acceptors (Lipinski definition) is 3. The predicted molar refractivity (Wildman–Crippen MR) is 61.3 cm³/mol. The number of hydrogen-bond donors (Lipinski definition) is 1. The Hall–Kier alpha value is -1.20. The fourth-order valence-corrected chi connectivity index (χ4v) is 2.13. The Morgan fingerprint density at radius 3 is 2.88 bits per heavy atom. The molecule has 0 aromatic heterocycles. The van der Waals surface area contributed by atoms with Crippen LogP contribution < -0.4 is 10.5 Å². The Morgan fingerprint density at radius 2 is 2.18 bits per heavy atom. The minimum absolute atomic E-state index is 0.209. The van der Waals surface area contributed by atoms with Crippen LogP contribution in [-0.2, 0) is 0 Å². The molecule has 0 radical (unpaired) electrons. The zero-order valence-electron chi connectivity index (χ0n) is 9.64. The second kappa shape index (κ2) is 4.98. The van der Waals surface area contributed by atoms with Crippen molar-refractivity contribution in [3.63, 3.8) is 0 Å². The van der Waals surface area contributed by atoms with Crippen LogP contribution in [0.15, 0.2) is 24.3 Å². The molecule has 0 aliphatic carbocycles. The summed E-state index contributed by atoms with van der Waals surface area (Å²) in [5.74, 6) is 0.752. The van der Waals surface area contributed by atoms with Crippen LogP contribution in [0.3, 0.4) is 0 Å². The standard InChI is InChI=1S/C12H16F2N2O/c1-16(6-11(13)14)9-7-17-10-5-3-2-4-8(10)12(9)15/h2-5,9,11-12H,6-7,15H2,1H3. The van der Waals surface area contributed by atoms with Crippen LogP contribution in [-0.4, -0.2) is 37.6 Å². The number of alkyl halides is 2. The Kier molecular flexibility index (Phi) is 3.59. The summed E-state index contributed by atoms with van der Waals surface area (Å²) >= 11 is 0. The van der Waals surface area contributed by atoms with Crippen LogP contribution in [0.2, 0.25) is 0 Å². The number of nitrogens with two attached hydrogens (primary N) is 1. The van der Waals surface area contributed by atoms with Crippen molar-refractivity contribution in [1.82, 2.24) is 4.90 Å². The molecule has 1 aromatic rings. The van der Waals surface area contributed by atoms with Crippen molar-refractivity contribution in [2.75, 3.05) is 20.2 Å². The number of halogens is 2. The molecule has 2 unspecified atom stereocenters. The molecular formula is C12H16F2N2O. The summed E-state index contributed by atoms with van der Waals surface area (Å²) in [6, 6.07) is 6.97. The fourth-order valence-electron chi connectivity index (χ4n) is 2.13. The van der Waals surface area contributed by atoms with Crippen molar-refractivity contribution in [2.45, 2.75) is 18.5 Å². The first-order valence-corrected chi connectivity index (χ1v) is 5.55. The largest absolute Gasteiger partial charge is 0.492 e. The summed E-state index contributed by atoms with van der Waals surface area (Å²) in [6.45, 7) is 0.0608. The first kappa shape index (κ1) is 12.3. The lowest BCUT2D eigenvalue weighted by atomic mass is 9.96. The van der Waals surface area contributed by atoms with Crippen LogP contribution >= 0.6 is 0 Å². The minimum Gasteiger partial charge on any atom is -0.492 e. The fraction of sp³-hybridized carbons (Fsp3) is 0.500. The van der Waals surface area contributed by atoms with Crippen molar-refractivity contribution in [3.05, 3.63) is 29.8 Å². The van der Waals surface area contributed by atoms with E-state index in [0.717, 1.165) is 11.3 Å². The average molecular weight is 242 g/mol. The van der Waals surface area contributed by atoms with Crippen LogP contribution in [0, 0.1) is 0 Å². The first-order chi connectivity index (χ1) is 8.09. The number of rotatable bonds is 3. The molecule has 3 nitrogen and oxygen atoms in total. The van der Waals surface area contributed by atoms with E-state index < -0.39 is 6.43 Å². The van der Waals surface area contributed by atoms with Crippen LogP contribution in [0.1, 0.15) is 11.6 Å². The molecule has 1 aliphatic rings. The summed E-state index contributed by atoms with van der Waals surface area (Å²) < 4.78 is 30.2. The molecule has 0 fully saturated rings. The van der Waals surface area contributed by atoms with Gasteiger partial charge in [0.2, 0.25) is 0 Å². The average Bonchev–Trinajstić information content (AvgIpc) is 2.28. The van der Waals surface area contributed by atoms with E-state index in [1.165, 1.54) is 0 Å².